The predicted molar refractivity (Wildman–Crippen MR) is 135 cm³/mol. The van der Waals surface area contributed by atoms with E-state index in [1.807, 2.05) is 4.98 Å². The van der Waals surface area contributed by atoms with E-state index in [4.69, 9.17) is 9.47 Å². The largest absolute Gasteiger partial charge is 0.394 e. The number of nitrogens with zero attached hydrogens (tertiary/aromatic N) is 1. The van der Waals surface area contributed by atoms with Crippen molar-refractivity contribution in [3.05, 3.63) is 33.1 Å². The monoisotopic (exact) mass is 605 g/mol. The molecule has 1 aromatic heterocycles. The number of hydrogen-bond acceptors (Lipinski definition) is 14. The van der Waals surface area contributed by atoms with Gasteiger partial charge in [0.05, 0.1) is 18.8 Å². The maximum atomic E-state index is 12.3. The van der Waals surface area contributed by atoms with Crippen molar-refractivity contribution in [1.82, 2.24) is 25.5 Å². The molecule has 0 spiro atoms. The average Bonchev–Trinajstić information content (AvgIpc) is 3.22. The van der Waals surface area contributed by atoms with E-state index in [9.17, 15) is 59.7 Å². The van der Waals surface area contributed by atoms with Gasteiger partial charge in [0.1, 0.15) is 36.6 Å². The number of aromatic nitrogens is 2. The molecular weight excluding hydrogens is 570 g/mol. The Morgan fingerprint density at radius 2 is 1.55 bits per heavy atom. The minimum Gasteiger partial charge on any atom is -0.394 e. The van der Waals surface area contributed by atoms with Crippen molar-refractivity contribution >= 4 is 17.7 Å². The van der Waals surface area contributed by atoms with Crippen LogP contribution < -0.4 is 27.2 Å². The molecule has 0 bridgehead atoms. The van der Waals surface area contributed by atoms with Crippen LogP contribution in [0.2, 0.25) is 0 Å². The van der Waals surface area contributed by atoms with E-state index < -0.39 is 109 Å². The zero-order valence-corrected chi connectivity index (χ0v) is 22.3. The van der Waals surface area contributed by atoms with Crippen LogP contribution in [-0.4, -0.2) is 144 Å². The fourth-order valence-corrected chi connectivity index (χ4v) is 4.64. The van der Waals surface area contributed by atoms with Gasteiger partial charge in [0, 0.05) is 32.3 Å². The molecule has 0 saturated carbocycles. The Bertz CT molecular complexity index is 1220. The third-order valence-electron chi connectivity index (χ3n) is 6.90. The molecule has 0 aromatic carbocycles. The quantitative estimate of drug-likeness (QED) is 0.112. The number of carbonyl (C=O) groups is 3. The Morgan fingerprint density at radius 1 is 0.929 bits per heavy atom. The number of H-pyrrole nitrogens is 1. The Morgan fingerprint density at radius 3 is 2.14 bits per heavy atom. The van der Waals surface area contributed by atoms with Crippen molar-refractivity contribution in [2.24, 2.45) is 0 Å². The van der Waals surface area contributed by atoms with E-state index in [0.717, 1.165) is 16.8 Å². The maximum Gasteiger partial charge on any atom is 0.330 e. The first-order chi connectivity index (χ1) is 19.8. The van der Waals surface area contributed by atoms with Gasteiger partial charge in [-0.1, -0.05) is 0 Å². The fraction of sp³-hybridized carbons (Fsp3) is 0.696. The van der Waals surface area contributed by atoms with Crippen molar-refractivity contribution in [3.8, 4) is 0 Å². The number of carbonyl (C=O) groups excluding carboxylic acids is 3. The summed E-state index contributed by atoms with van der Waals surface area (Å²) in [6.07, 6.45) is -14.6. The molecule has 2 aliphatic heterocycles. The summed E-state index contributed by atoms with van der Waals surface area (Å²) in [4.78, 5) is 61.4. The molecule has 1 aromatic rings. The third-order valence-corrected chi connectivity index (χ3v) is 6.90. The van der Waals surface area contributed by atoms with Crippen molar-refractivity contribution < 1.29 is 59.6 Å². The van der Waals surface area contributed by atoms with Gasteiger partial charge in [-0.15, -0.1) is 0 Å². The summed E-state index contributed by atoms with van der Waals surface area (Å²) in [6.45, 7) is -0.215. The summed E-state index contributed by atoms with van der Waals surface area (Å²) < 4.78 is 11.8. The average molecular weight is 606 g/mol. The topological polar surface area (TPSA) is 302 Å². The van der Waals surface area contributed by atoms with Gasteiger partial charge >= 0.3 is 5.69 Å². The lowest BCUT2D eigenvalue weighted by Gasteiger charge is -2.42. The Hall–Kier alpha value is -3.27. The lowest BCUT2D eigenvalue weighted by molar-refractivity contribution is -0.196. The highest BCUT2D eigenvalue weighted by Gasteiger charge is 2.45. The number of nitrogens with one attached hydrogen (secondary N) is 4. The van der Waals surface area contributed by atoms with Crippen molar-refractivity contribution in [3.63, 3.8) is 0 Å². The summed E-state index contributed by atoms with van der Waals surface area (Å²) in [6, 6.07) is -0.0993. The lowest BCUT2D eigenvalue weighted by atomic mass is 9.91. The number of aromatic amines is 1. The molecule has 19 nitrogen and oxygen atoms in total. The molecule has 3 heterocycles. The van der Waals surface area contributed by atoms with E-state index >= 15 is 0 Å². The number of amides is 3. The van der Waals surface area contributed by atoms with E-state index in [1.54, 1.807) is 0 Å². The molecule has 0 aliphatic carbocycles. The van der Waals surface area contributed by atoms with Crippen LogP contribution in [0.25, 0.3) is 0 Å². The lowest BCUT2D eigenvalue weighted by Crippen LogP contribution is -2.64. The van der Waals surface area contributed by atoms with Crippen LogP contribution in [0.15, 0.2) is 21.9 Å². The molecule has 0 unspecified atom stereocenters. The smallest absolute Gasteiger partial charge is 0.330 e. The van der Waals surface area contributed by atoms with E-state index in [0.29, 0.717) is 0 Å². The molecular formula is C23H35N5O14. The summed E-state index contributed by atoms with van der Waals surface area (Å²) in [5.74, 6) is -2.95. The second kappa shape index (κ2) is 14.3. The summed E-state index contributed by atoms with van der Waals surface area (Å²) in [5.41, 5.74) is -1.62. The molecule has 2 aliphatic rings. The third kappa shape index (κ3) is 7.56. The number of hydrogen-bond donors (Lipinski definition) is 11. The van der Waals surface area contributed by atoms with Gasteiger partial charge in [-0.2, -0.15) is 0 Å². The minimum atomic E-state index is -2.28. The van der Waals surface area contributed by atoms with Crippen molar-refractivity contribution in [2.75, 3.05) is 19.7 Å². The van der Waals surface area contributed by atoms with Crippen LogP contribution in [0, 0.1) is 0 Å². The molecule has 11 atom stereocenters. The van der Waals surface area contributed by atoms with E-state index in [2.05, 4.69) is 16.0 Å². The van der Waals surface area contributed by atoms with Crippen molar-refractivity contribution in [2.45, 2.75) is 80.5 Å². The highest BCUT2D eigenvalue weighted by Crippen LogP contribution is 2.28. The molecule has 19 heteroatoms. The zero-order valence-electron chi connectivity index (χ0n) is 22.3. The van der Waals surface area contributed by atoms with Crippen LogP contribution in [0.1, 0.15) is 19.6 Å². The Balaban J connectivity index is 1.50. The van der Waals surface area contributed by atoms with Gasteiger partial charge in [-0.3, -0.25) is 28.7 Å². The maximum absolute atomic E-state index is 12.3. The highest BCUT2D eigenvalue weighted by molar-refractivity contribution is 5.90. The number of rotatable bonds is 11. The summed E-state index contributed by atoms with van der Waals surface area (Å²) in [7, 11) is 0. The van der Waals surface area contributed by atoms with Crippen LogP contribution in [0.3, 0.4) is 0 Å². The molecule has 0 radical (unpaired) electrons. The second-order valence-corrected chi connectivity index (χ2v) is 9.88. The van der Waals surface area contributed by atoms with Gasteiger partial charge in [-0.25, -0.2) is 4.79 Å². The fourth-order valence-electron chi connectivity index (χ4n) is 4.64. The molecule has 2 fully saturated rings. The predicted octanol–water partition coefficient (Wildman–Crippen LogP) is -7.51. The van der Waals surface area contributed by atoms with Gasteiger partial charge < -0.3 is 61.2 Å². The molecule has 11 N–H and O–H groups in total. The zero-order chi connectivity index (χ0) is 31.3. The van der Waals surface area contributed by atoms with Gasteiger partial charge in [-0.05, 0) is 6.42 Å². The first-order valence-corrected chi connectivity index (χ1v) is 12.9. The van der Waals surface area contributed by atoms with Crippen LogP contribution in [-0.2, 0) is 23.9 Å². The summed E-state index contributed by atoms with van der Waals surface area (Å²) in [5, 5.41) is 77.4. The standard InChI is InChI=1S/C23H35N5O14/c1-8(30)26-13-9(41-11(7-29)15(33)16(13)34)2-4-24-20(38)17(35)18(36)21(39)25-6-10-14(32)19(37)22(42-10)28-5-3-12(31)27-23(28)40/h3,5,9-11,13-19,22,29,32-37H,2,4,6-7H2,1H3,(H,24,38)(H,25,39)(H,26,30)(H,27,31,40)/t9-,10-,11-,13+,14-,15-,16-,17-,18-,19-,22-/m1/s1. The van der Waals surface area contributed by atoms with Crippen LogP contribution in [0.4, 0.5) is 0 Å². The molecule has 2 saturated heterocycles. The van der Waals surface area contributed by atoms with Gasteiger partial charge in [0.2, 0.25) is 5.91 Å². The SMILES string of the molecule is CC(=O)N[C@@H]1[C@@H](O)[C@H](O)[C@@H](CO)O[C@@H]1CCNC(=O)[C@H](O)[C@@H](O)C(=O)NC[C@H]1O[C@@H](n2ccc(=O)[nH]c2=O)[C@H](O)[C@@H]1O. The van der Waals surface area contributed by atoms with Gasteiger partial charge in [0.15, 0.2) is 18.4 Å². The van der Waals surface area contributed by atoms with Crippen LogP contribution in [0.5, 0.6) is 0 Å². The number of ether oxygens (including phenoxy) is 2. The second-order valence-electron chi connectivity index (χ2n) is 9.88. The van der Waals surface area contributed by atoms with Gasteiger partial charge in [0.25, 0.3) is 17.4 Å². The van der Waals surface area contributed by atoms with E-state index in [-0.39, 0.29) is 13.0 Å². The first-order valence-electron chi connectivity index (χ1n) is 12.9. The molecule has 236 valence electrons. The molecule has 3 amide bonds. The van der Waals surface area contributed by atoms with Crippen LogP contribution >= 0.6 is 0 Å². The molecule has 3 rings (SSSR count). The minimum absolute atomic E-state index is 0.0786. The summed E-state index contributed by atoms with van der Waals surface area (Å²) >= 11 is 0. The Kier molecular flexibility index (Phi) is 11.3. The normalized spacial score (nSPS) is 32.5. The Labute approximate surface area is 236 Å². The number of aliphatic hydroxyl groups is 7. The first kappa shape index (κ1) is 33.2. The van der Waals surface area contributed by atoms with Crippen molar-refractivity contribution in [1.29, 1.82) is 0 Å². The van der Waals surface area contributed by atoms with E-state index in [1.165, 1.54) is 6.92 Å². The highest BCUT2D eigenvalue weighted by atomic mass is 16.6. The molecule has 42 heavy (non-hydrogen) atoms. The number of aliphatic hydroxyl groups excluding tert-OH is 7.